The molecule has 1 N–H and O–H groups in total. The van der Waals surface area contributed by atoms with Gasteiger partial charge in [-0.2, -0.15) is 13.2 Å². The van der Waals surface area contributed by atoms with Crippen LogP contribution in [0.25, 0.3) is 11.0 Å². The third-order valence-corrected chi connectivity index (χ3v) is 5.57. The number of methoxy groups -OCH3 is 1. The van der Waals surface area contributed by atoms with Gasteiger partial charge in [0.25, 0.3) is 0 Å². The number of benzene rings is 2. The number of aromatic nitrogens is 2. The van der Waals surface area contributed by atoms with E-state index in [1.165, 1.54) is 26.2 Å². The van der Waals surface area contributed by atoms with Crippen LogP contribution in [0.2, 0.25) is 10.0 Å². The summed E-state index contributed by atoms with van der Waals surface area (Å²) in [5.74, 6) is 0.919. The number of rotatable bonds is 9. The molecule has 0 spiro atoms. The highest BCUT2D eigenvalue weighted by Crippen LogP contribution is 2.42. The Labute approximate surface area is 194 Å². The molecule has 0 saturated heterocycles. The Balaban J connectivity index is 2.20. The van der Waals surface area contributed by atoms with Gasteiger partial charge in [0, 0.05) is 24.8 Å². The van der Waals surface area contributed by atoms with Crippen molar-refractivity contribution in [2.24, 2.45) is 0 Å². The Bertz CT molecular complexity index is 1090. The van der Waals surface area contributed by atoms with Crippen LogP contribution in [0.5, 0.6) is 5.75 Å². The Hall–Kier alpha value is -2.16. The SMILES string of the molecule is CCCCn1c(Nc2ccc(OC)cc2Cl)nc2c(Cl)ccc(C(OCC)C(F)(F)F)c21. The lowest BCUT2D eigenvalue weighted by atomic mass is 10.1. The summed E-state index contributed by atoms with van der Waals surface area (Å²) in [7, 11) is 1.53. The molecule has 1 aromatic heterocycles. The van der Waals surface area contributed by atoms with E-state index in [0.29, 0.717) is 29.0 Å². The highest BCUT2D eigenvalue weighted by atomic mass is 35.5. The van der Waals surface area contributed by atoms with Crippen LogP contribution >= 0.6 is 23.2 Å². The predicted octanol–water partition coefficient (Wildman–Crippen LogP) is 7.54. The number of anilines is 2. The Kier molecular flexibility index (Phi) is 7.79. The smallest absolute Gasteiger partial charge is 0.418 e. The summed E-state index contributed by atoms with van der Waals surface area (Å²) in [4.78, 5) is 4.54. The molecular weight excluding hydrogens is 466 g/mol. The number of ether oxygens (including phenoxy) is 2. The highest BCUT2D eigenvalue weighted by molar-refractivity contribution is 6.35. The molecule has 0 fully saturated rings. The van der Waals surface area contributed by atoms with E-state index in [1.54, 1.807) is 22.8 Å². The number of halogens is 5. The lowest BCUT2D eigenvalue weighted by molar-refractivity contribution is -0.222. The number of alkyl halides is 3. The van der Waals surface area contributed by atoms with Gasteiger partial charge < -0.3 is 19.4 Å². The zero-order valence-electron chi connectivity index (χ0n) is 17.9. The standard InChI is InChI=1S/C22H24Cl2F3N3O2/c1-4-6-11-30-19-14(20(32-5-2)22(25,26)27)8-9-15(23)18(19)29-21(30)28-17-10-7-13(31-3)12-16(17)24/h7-10,12,20H,4-6,11H2,1-3H3,(H,28,29). The molecule has 0 saturated carbocycles. The van der Waals surface area contributed by atoms with Gasteiger partial charge in [-0.3, -0.25) is 0 Å². The topological polar surface area (TPSA) is 48.3 Å². The molecule has 174 valence electrons. The summed E-state index contributed by atoms with van der Waals surface area (Å²) in [6, 6.07) is 7.84. The maximum absolute atomic E-state index is 13.9. The second-order valence-corrected chi connectivity index (χ2v) is 7.94. The molecule has 32 heavy (non-hydrogen) atoms. The second-order valence-electron chi connectivity index (χ2n) is 7.12. The van der Waals surface area contributed by atoms with Crippen molar-refractivity contribution < 1.29 is 22.6 Å². The van der Waals surface area contributed by atoms with E-state index in [-0.39, 0.29) is 28.2 Å². The van der Waals surface area contributed by atoms with Crippen molar-refractivity contribution >= 4 is 45.9 Å². The molecule has 10 heteroatoms. The van der Waals surface area contributed by atoms with E-state index in [0.717, 1.165) is 12.8 Å². The van der Waals surface area contributed by atoms with Crippen molar-refractivity contribution in [1.82, 2.24) is 9.55 Å². The quantitative estimate of drug-likeness (QED) is 0.337. The van der Waals surface area contributed by atoms with Gasteiger partial charge in [0.1, 0.15) is 11.3 Å². The first-order valence-electron chi connectivity index (χ1n) is 10.2. The van der Waals surface area contributed by atoms with Crippen LogP contribution < -0.4 is 10.1 Å². The van der Waals surface area contributed by atoms with Crippen molar-refractivity contribution in [1.29, 1.82) is 0 Å². The molecule has 0 aliphatic carbocycles. The number of nitrogens with zero attached hydrogens (tertiary/aromatic N) is 2. The van der Waals surface area contributed by atoms with Gasteiger partial charge in [0.05, 0.1) is 28.4 Å². The molecule has 0 aliphatic heterocycles. The molecule has 0 bridgehead atoms. The highest BCUT2D eigenvalue weighted by Gasteiger charge is 2.43. The minimum atomic E-state index is -4.59. The molecule has 3 aromatic rings. The van der Waals surface area contributed by atoms with Crippen LogP contribution in [0.1, 0.15) is 38.4 Å². The molecule has 3 rings (SSSR count). The summed E-state index contributed by atoms with van der Waals surface area (Å²) < 4.78 is 53.5. The van der Waals surface area contributed by atoms with Gasteiger partial charge in [0.2, 0.25) is 5.95 Å². The normalized spacial score (nSPS) is 12.9. The van der Waals surface area contributed by atoms with Crippen molar-refractivity contribution in [3.05, 3.63) is 45.9 Å². The molecule has 1 unspecified atom stereocenters. The van der Waals surface area contributed by atoms with E-state index in [4.69, 9.17) is 32.7 Å². The summed E-state index contributed by atoms with van der Waals surface area (Å²) >= 11 is 12.7. The lowest BCUT2D eigenvalue weighted by Crippen LogP contribution is -2.24. The zero-order chi connectivity index (χ0) is 23.5. The van der Waals surface area contributed by atoms with Crippen LogP contribution in [0.3, 0.4) is 0 Å². The van der Waals surface area contributed by atoms with Crippen LogP contribution in [0.4, 0.5) is 24.8 Å². The fourth-order valence-electron chi connectivity index (χ4n) is 3.45. The van der Waals surface area contributed by atoms with Crippen molar-refractivity contribution in [3.63, 3.8) is 0 Å². The first kappa shape index (κ1) is 24.5. The number of unbranched alkanes of at least 4 members (excludes halogenated alkanes) is 1. The van der Waals surface area contributed by atoms with Gasteiger partial charge in [-0.05, 0) is 31.5 Å². The van der Waals surface area contributed by atoms with E-state index >= 15 is 0 Å². The summed E-state index contributed by atoms with van der Waals surface area (Å²) in [5, 5.41) is 3.77. The van der Waals surface area contributed by atoms with E-state index in [2.05, 4.69) is 10.3 Å². The van der Waals surface area contributed by atoms with Crippen molar-refractivity contribution in [3.8, 4) is 5.75 Å². The van der Waals surface area contributed by atoms with Crippen molar-refractivity contribution in [2.45, 2.75) is 45.5 Å². The van der Waals surface area contributed by atoms with Crippen molar-refractivity contribution in [2.75, 3.05) is 19.0 Å². The van der Waals surface area contributed by atoms with Crippen LogP contribution in [-0.2, 0) is 11.3 Å². The lowest BCUT2D eigenvalue weighted by Gasteiger charge is -2.22. The number of nitrogens with one attached hydrogen (secondary N) is 1. The van der Waals surface area contributed by atoms with Gasteiger partial charge in [-0.1, -0.05) is 42.6 Å². The molecule has 2 aromatic carbocycles. The number of imidazole rings is 1. The third-order valence-electron chi connectivity index (χ3n) is 4.95. The van der Waals surface area contributed by atoms with Gasteiger partial charge >= 0.3 is 6.18 Å². The number of hydrogen-bond acceptors (Lipinski definition) is 4. The minimum absolute atomic E-state index is 0.0313. The summed E-state index contributed by atoms with van der Waals surface area (Å²) in [6.45, 7) is 3.87. The maximum Gasteiger partial charge on any atom is 0.418 e. The molecule has 0 amide bonds. The first-order valence-corrected chi connectivity index (χ1v) is 10.9. The molecular formula is C22H24Cl2F3N3O2. The second kappa shape index (κ2) is 10.2. The molecule has 5 nitrogen and oxygen atoms in total. The molecule has 0 radical (unpaired) electrons. The fraction of sp³-hybridized carbons (Fsp3) is 0.409. The molecule has 1 atom stereocenters. The minimum Gasteiger partial charge on any atom is -0.497 e. The average molecular weight is 490 g/mol. The van der Waals surface area contributed by atoms with E-state index < -0.39 is 12.3 Å². The van der Waals surface area contributed by atoms with Gasteiger partial charge in [0.15, 0.2) is 6.10 Å². The van der Waals surface area contributed by atoms with Gasteiger partial charge in [-0.25, -0.2) is 4.98 Å². The summed E-state index contributed by atoms with van der Waals surface area (Å²) in [5.41, 5.74) is 1.06. The monoisotopic (exact) mass is 489 g/mol. The predicted molar refractivity (Wildman–Crippen MR) is 121 cm³/mol. The maximum atomic E-state index is 13.9. The molecule has 1 heterocycles. The Morgan fingerprint density at radius 3 is 2.47 bits per heavy atom. The third kappa shape index (κ3) is 5.08. The van der Waals surface area contributed by atoms with E-state index in [9.17, 15) is 13.2 Å². The Morgan fingerprint density at radius 1 is 1.12 bits per heavy atom. The van der Waals surface area contributed by atoms with Crippen LogP contribution in [-0.4, -0.2) is 29.4 Å². The Morgan fingerprint density at radius 2 is 1.88 bits per heavy atom. The average Bonchev–Trinajstić information content (AvgIpc) is 3.11. The summed E-state index contributed by atoms with van der Waals surface area (Å²) in [6.07, 6.45) is -5.12. The van der Waals surface area contributed by atoms with Crippen LogP contribution in [0.15, 0.2) is 30.3 Å². The fourth-order valence-corrected chi connectivity index (χ4v) is 3.86. The van der Waals surface area contributed by atoms with Gasteiger partial charge in [-0.15, -0.1) is 0 Å². The number of hydrogen-bond donors (Lipinski definition) is 1. The first-order chi connectivity index (χ1) is 15.2. The zero-order valence-corrected chi connectivity index (χ0v) is 19.4. The largest absolute Gasteiger partial charge is 0.497 e. The number of aryl methyl sites for hydroxylation is 1. The number of fused-ring (bicyclic) bond motifs is 1. The molecule has 0 aliphatic rings. The van der Waals surface area contributed by atoms with Crippen LogP contribution in [0, 0.1) is 0 Å². The van der Waals surface area contributed by atoms with E-state index in [1.807, 2.05) is 6.92 Å².